The van der Waals surface area contributed by atoms with Gasteiger partial charge in [-0.05, 0) is 37.5 Å². The lowest BCUT2D eigenvalue weighted by molar-refractivity contribution is -0.136. The Hall–Kier alpha value is -3.31. The Morgan fingerprint density at radius 2 is 1.62 bits per heavy atom. The maximum absolute atomic E-state index is 15.0. The summed E-state index contributed by atoms with van der Waals surface area (Å²) >= 11 is 0. The molecule has 3 heterocycles. The van der Waals surface area contributed by atoms with Gasteiger partial charge >= 0.3 is 5.91 Å². The number of carbonyl (C=O) groups excluding carboxylic acids is 1. The molecule has 1 saturated carbocycles. The molecule has 2 unspecified atom stereocenters. The summed E-state index contributed by atoms with van der Waals surface area (Å²) < 4.78 is 17.8. The normalized spacial score (nSPS) is 26.7. The zero-order valence-electron chi connectivity index (χ0n) is 19.0. The van der Waals surface area contributed by atoms with Gasteiger partial charge in [0.1, 0.15) is 30.6 Å². The van der Waals surface area contributed by atoms with E-state index in [2.05, 4.69) is 30.3 Å². The number of fused-ring (bicyclic) bond motifs is 5. The van der Waals surface area contributed by atoms with Crippen LogP contribution >= 0.6 is 0 Å². The van der Waals surface area contributed by atoms with Crippen molar-refractivity contribution in [2.45, 2.75) is 43.7 Å². The Morgan fingerprint density at radius 1 is 0.882 bits per heavy atom. The summed E-state index contributed by atoms with van der Waals surface area (Å²) in [6.07, 6.45) is 4.39. The zero-order valence-corrected chi connectivity index (χ0v) is 19.0. The number of amides is 1. The fraction of sp³-hybridized carbons (Fsp3) is 0.310. The van der Waals surface area contributed by atoms with Crippen molar-refractivity contribution in [2.24, 2.45) is 0 Å². The summed E-state index contributed by atoms with van der Waals surface area (Å²) in [5, 5.41) is 0. The van der Waals surface area contributed by atoms with E-state index < -0.39 is 5.41 Å². The number of quaternary nitrogens is 1. The highest BCUT2D eigenvalue weighted by atomic mass is 16.7. The molecule has 1 fully saturated rings. The molecule has 2 radical (unpaired) electrons. The first-order chi connectivity index (χ1) is 16.6. The van der Waals surface area contributed by atoms with Gasteiger partial charge in [-0.15, -0.1) is 0 Å². The third-order valence-corrected chi connectivity index (χ3v) is 8.26. The number of ether oxygens (including phenoxy) is 3. The van der Waals surface area contributed by atoms with Crippen LogP contribution in [-0.2, 0) is 16.8 Å². The lowest BCUT2D eigenvalue weighted by Crippen LogP contribution is -2.61. The highest BCUT2D eigenvalue weighted by Crippen LogP contribution is 2.59. The van der Waals surface area contributed by atoms with E-state index in [1.165, 1.54) is 0 Å². The molecule has 7 rings (SSSR count). The summed E-state index contributed by atoms with van der Waals surface area (Å²) in [5.41, 5.74) is 4.04. The van der Waals surface area contributed by atoms with Crippen molar-refractivity contribution in [2.75, 3.05) is 13.4 Å². The molecule has 170 valence electrons. The van der Waals surface area contributed by atoms with E-state index in [4.69, 9.17) is 21.1 Å². The van der Waals surface area contributed by atoms with Crippen LogP contribution in [0.15, 0.2) is 60.7 Å². The van der Waals surface area contributed by atoms with Crippen molar-refractivity contribution >= 4 is 11.6 Å². The fourth-order valence-corrected chi connectivity index (χ4v) is 6.69. The molecular formula is C29H26NO4+. The summed E-state index contributed by atoms with van der Waals surface area (Å²) in [6.45, 7) is 7.08. The molecule has 0 bridgehead atoms. The second-order valence-electron chi connectivity index (χ2n) is 9.92. The smallest absolute Gasteiger partial charge is 0.338 e. The van der Waals surface area contributed by atoms with E-state index in [9.17, 15) is 0 Å². The number of para-hydroxylation sites is 1. The van der Waals surface area contributed by atoms with Gasteiger partial charge in [-0.2, -0.15) is 0 Å². The van der Waals surface area contributed by atoms with Gasteiger partial charge in [0.25, 0.3) is 0 Å². The third-order valence-electron chi connectivity index (χ3n) is 8.26. The van der Waals surface area contributed by atoms with Crippen molar-refractivity contribution in [3.8, 4) is 17.2 Å². The molecular weight excluding hydrogens is 426 g/mol. The van der Waals surface area contributed by atoms with Crippen LogP contribution in [0.25, 0.3) is 0 Å². The molecule has 0 N–H and O–H groups in total. The first-order valence-electron chi connectivity index (χ1n) is 12.1. The molecule has 5 heteroatoms. The number of hydrogen-bond acceptors (Lipinski definition) is 4. The minimum atomic E-state index is -0.858. The Bertz CT molecular complexity index is 1310. The van der Waals surface area contributed by atoms with E-state index in [1.807, 2.05) is 30.3 Å². The molecule has 0 aromatic heterocycles. The predicted molar refractivity (Wildman–Crippen MR) is 128 cm³/mol. The van der Waals surface area contributed by atoms with Crippen LogP contribution in [0.2, 0.25) is 0 Å². The van der Waals surface area contributed by atoms with Crippen molar-refractivity contribution in [3.05, 3.63) is 89.8 Å². The van der Waals surface area contributed by atoms with E-state index >= 15 is 4.79 Å². The number of carbonyl (C=O) groups is 1. The van der Waals surface area contributed by atoms with Crippen LogP contribution in [0.4, 0.5) is 5.69 Å². The predicted octanol–water partition coefficient (Wildman–Crippen LogP) is 5.14. The van der Waals surface area contributed by atoms with Gasteiger partial charge < -0.3 is 14.2 Å². The molecule has 4 aliphatic rings. The van der Waals surface area contributed by atoms with E-state index in [1.54, 1.807) is 0 Å². The summed E-state index contributed by atoms with van der Waals surface area (Å²) in [7, 11) is 0. The largest absolute Gasteiger partial charge is 0.491 e. The molecule has 0 saturated heterocycles. The lowest BCUT2D eigenvalue weighted by Gasteiger charge is -2.39. The molecule has 1 amide bonds. The molecule has 1 aliphatic carbocycles. The van der Waals surface area contributed by atoms with Crippen molar-refractivity contribution in [1.82, 2.24) is 4.48 Å². The Kier molecular flexibility index (Phi) is 4.19. The monoisotopic (exact) mass is 452 g/mol. The molecule has 3 aromatic rings. The van der Waals surface area contributed by atoms with E-state index in [0.29, 0.717) is 34.9 Å². The number of nitrogens with zero attached hydrogens (tertiary/aromatic N) is 1. The first kappa shape index (κ1) is 20.1. The maximum Gasteiger partial charge on any atom is 0.338 e. The summed E-state index contributed by atoms with van der Waals surface area (Å²) in [5.74, 6) is 2.27. The van der Waals surface area contributed by atoms with E-state index in [0.717, 1.165) is 53.6 Å². The molecule has 5 nitrogen and oxygen atoms in total. The molecule has 3 aromatic carbocycles. The highest BCUT2D eigenvalue weighted by molar-refractivity contribution is 6.08. The van der Waals surface area contributed by atoms with Crippen molar-refractivity contribution in [1.29, 1.82) is 0 Å². The van der Waals surface area contributed by atoms with Gasteiger partial charge in [0.15, 0.2) is 16.9 Å². The van der Waals surface area contributed by atoms with Gasteiger partial charge in [-0.25, -0.2) is 9.28 Å². The molecule has 3 aliphatic heterocycles. The average molecular weight is 453 g/mol. The van der Waals surface area contributed by atoms with Crippen LogP contribution in [0, 0.1) is 6.92 Å². The van der Waals surface area contributed by atoms with Crippen LogP contribution in [-0.4, -0.2) is 25.3 Å². The summed E-state index contributed by atoms with van der Waals surface area (Å²) in [6, 6.07) is 20.4. The first-order valence-corrected chi connectivity index (χ1v) is 12.1. The second kappa shape index (κ2) is 7.09. The standard InChI is InChI=1S/C29H26NO4/c1-19-10-12-20(13-11-19)16-30(21-6-2-3-7-21)24-9-5-4-8-22(24)29(28(30)31)17-32-25-15-27-26(14-23(25)29)33-18-34-27/h1,4-5,8-15,21H,2-3,6-7,16-18H2/q+1. The Morgan fingerprint density at radius 3 is 2.41 bits per heavy atom. The van der Waals surface area contributed by atoms with Crippen molar-refractivity contribution < 1.29 is 19.0 Å². The van der Waals surface area contributed by atoms with Gasteiger partial charge in [-0.1, -0.05) is 42.5 Å². The molecule has 2 atom stereocenters. The minimum Gasteiger partial charge on any atom is -0.491 e. The average Bonchev–Trinajstić information content (AvgIpc) is 3.64. The van der Waals surface area contributed by atoms with Crippen LogP contribution < -0.4 is 18.7 Å². The SMILES string of the molecule is [CH]c1ccc(C[N+]2(C3CCCC3)C(=O)C3(COc4cc5c(cc43)OCO5)c3ccccc32)cc1. The van der Waals surface area contributed by atoms with Crippen LogP contribution in [0.3, 0.4) is 0 Å². The maximum atomic E-state index is 15.0. The summed E-state index contributed by atoms with van der Waals surface area (Å²) in [4.78, 5) is 15.0. The minimum absolute atomic E-state index is 0.189. The van der Waals surface area contributed by atoms with Gasteiger partial charge in [0.05, 0.1) is 0 Å². The molecule has 34 heavy (non-hydrogen) atoms. The Labute approximate surface area is 199 Å². The topological polar surface area (TPSA) is 44.8 Å². The van der Waals surface area contributed by atoms with Crippen molar-refractivity contribution in [3.63, 3.8) is 0 Å². The van der Waals surface area contributed by atoms with Gasteiger partial charge in [-0.3, -0.25) is 0 Å². The number of benzene rings is 3. The van der Waals surface area contributed by atoms with E-state index in [-0.39, 0.29) is 18.7 Å². The van der Waals surface area contributed by atoms with Gasteiger partial charge in [0, 0.05) is 35.6 Å². The fourth-order valence-electron chi connectivity index (χ4n) is 6.69. The highest BCUT2D eigenvalue weighted by Gasteiger charge is 2.68. The van der Waals surface area contributed by atoms with Gasteiger partial charge in [0.2, 0.25) is 6.79 Å². The number of hydrogen-bond donors (Lipinski definition) is 0. The van der Waals surface area contributed by atoms with Crippen LogP contribution in [0.1, 0.15) is 47.9 Å². The zero-order chi connectivity index (χ0) is 22.9. The molecule has 1 spiro atoms. The number of rotatable bonds is 3. The quantitative estimate of drug-likeness (QED) is 0.516. The Balaban J connectivity index is 1.46. The lowest BCUT2D eigenvalue weighted by atomic mass is 9.77. The second-order valence-corrected chi connectivity index (χ2v) is 9.92. The third kappa shape index (κ3) is 2.51. The van der Waals surface area contributed by atoms with Crippen LogP contribution in [0.5, 0.6) is 17.2 Å².